The molecule has 17 heavy (non-hydrogen) atoms. The van der Waals surface area contributed by atoms with Crippen molar-refractivity contribution in [1.29, 1.82) is 0 Å². The van der Waals surface area contributed by atoms with Gasteiger partial charge in [0.15, 0.2) is 0 Å². The largest absolute Gasteiger partial charge is 0.368 e. The van der Waals surface area contributed by atoms with Crippen LogP contribution in [0.5, 0.6) is 0 Å². The third kappa shape index (κ3) is 2.35. The van der Waals surface area contributed by atoms with Crippen LogP contribution in [0.25, 0.3) is 11.4 Å². The van der Waals surface area contributed by atoms with Gasteiger partial charge in [0, 0.05) is 15.7 Å². The summed E-state index contributed by atoms with van der Waals surface area (Å²) in [6.07, 6.45) is 2.01. The molecular weight excluding hydrogens is 331 g/mol. The van der Waals surface area contributed by atoms with Crippen LogP contribution >= 0.6 is 22.6 Å². The molecule has 1 aromatic heterocycles. The zero-order valence-electron chi connectivity index (χ0n) is 9.10. The van der Waals surface area contributed by atoms with E-state index in [1.165, 1.54) is 0 Å². The summed E-state index contributed by atoms with van der Waals surface area (Å²) in [5.74, 6) is 1.23. The molecule has 1 atom stereocenters. The molecular formula is C12H11IN2O2. The lowest BCUT2D eigenvalue weighted by Gasteiger charge is -2.00. The first-order chi connectivity index (χ1) is 8.33. The summed E-state index contributed by atoms with van der Waals surface area (Å²) >= 11 is 2.27. The van der Waals surface area contributed by atoms with Crippen LogP contribution in [0.4, 0.5) is 0 Å². The molecule has 1 aliphatic rings. The molecule has 5 heteroatoms. The third-order valence-corrected chi connectivity index (χ3v) is 3.40. The van der Waals surface area contributed by atoms with Crippen molar-refractivity contribution >= 4 is 22.6 Å². The first kappa shape index (κ1) is 11.2. The number of rotatable bonds is 2. The van der Waals surface area contributed by atoms with Crippen molar-refractivity contribution in [3.63, 3.8) is 0 Å². The number of hydrogen-bond donors (Lipinski definition) is 0. The Morgan fingerprint density at radius 1 is 1.35 bits per heavy atom. The highest BCUT2D eigenvalue weighted by Gasteiger charge is 2.24. The molecule has 0 N–H and O–H groups in total. The molecule has 2 aromatic rings. The fourth-order valence-electron chi connectivity index (χ4n) is 1.88. The Morgan fingerprint density at radius 2 is 2.29 bits per heavy atom. The molecule has 0 aliphatic carbocycles. The summed E-state index contributed by atoms with van der Waals surface area (Å²) in [6, 6.07) is 8.03. The van der Waals surface area contributed by atoms with Gasteiger partial charge in [0.25, 0.3) is 5.89 Å². The fraction of sp³-hybridized carbons (Fsp3) is 0.333. The average Bonchev–Trinajstić information content (AvgIpc) is 3.00. The van der Waals surface area contributed by atoms with Gasteiger partial charge in [-0.2, -0.15) is 4.98 Å². The quantitative estimate of drug-likeness (QED) is 0.787. The lowest BCUT2D eigenvalue weighted by molar-refractivity contribution is 0.0835. The highest BCUT2D eigenvalue weighted by atomic mass is 127. The van der Waals surface area contributed by atoms with Gasteiger partial charge in [-0.15, -0.1) is 0 Å². The van der Waals surface area contributed by atoms with Crippen LogP contribution in [0, 0.1) is 3.57 Å². The van der Waals surface area contributed by atoms with E-state index in [1.807, 2.05) is 24.3 Å². The van der Waals surface area contributed by atoms with E-state index < -0.39 is 0 Å². The topological polar surface area (TPSA) is 48.2 Å². The number of halogens is 1. The number of hydrogen-bond acceptors (Lipinski definition) is 4. The van der Waals surface area contributed by atoms with Gasteiger partial charge in [-0.25, -0.2) is 0 Å². The van der Waals surface area contributed by atoms with Crippen LogP contribution in [-0.4, -0.2) is 16.7 Å². The van der Waals surface area contributed by atoms with Gasteiger partial charge in [0.1, 0.15) is 6.10 Å². The maximum atomic E-state index is 5.51. The van der Waals surface area contributed by atoms with Crippen LogP contribution in [0.2, 0.25) is 0 Å². The molecule has 1 unspecified atom stereocenters. The van der Waals surface area contributed by atoms with E-state index in [0.717, 1.165) is 28.6 Å². The molecule has 1 fully saturated rings. The Kier molecular flexibility index (Phi) is 3.11. The normalized spacial score (nSPS) is 19.7. The smallest absolute Gasteiger partial charge is 0.256 e. The molecule has 0 bridgehead atoms. The Morgan fingerprint density at radius 3 is 3.06 bits per heavy atom. The zero-order chi connectivity index (χ0) is 11.7. The van der Waals surface area contributed by atoms with E-state index >= 15 is 0 Å². The average molecular weight is 342 g/mol. The number of benzene rings is 1. The lowest BCUT2D eigenvalue weighted by Crippen LogP contribution is -1.95. The van der Waals surface area contributed by atoms with Crippen LogP contribution < -0.4 is 0 Å². The second-order valence-corrected chi connectivity index (χ2v) is 5.21. The molecule has 1 aliphatic heterocycles. The van der Waals surface area contributed by atoms with Gasteiger partial charge >= 0.3 is 0 Å². The van der Waals surface area contributed by atoms with Crippen molar-refractivity contribution < 1.29 is 9.26 Å². The Labute approximate surface area is 113 Å². The highest BCUT2D eigenvalue weighted by molar-refractivity contribution is 14.1. The van der Waals surface area contributed by atoms with Gasteiger partial charge in [-0.3, -0.25) is 0 Å². The molecule has 0 amide bonds. The van der Waals surface area contributed by atoms with E-state index in [0.29, 0.717) is 11.7 Å². The second kappa shape index (κ2) is 4.73. The second-order valence-electron chi connectivity index (χ2n) is 3.97. The summed E-state index contributed by atoms with van der Waals surface area (Å²) in [7, 11) is 0. The summed E-state index contributed by atoms with van der Waals surface area (Å²) in [5.41, 5.74) is 0.977. The molecule has 4 nitrogen and oxygen atoms in total. The summed E-state index contributed by atoms with van der Waals surface area (Å²) in [4.78, 5) is 4.40. The minimum absolute atomic E-state index is 0.0148. The Hall–Kier alpha value is -0.950. The summed E-state index contributed by atoms with van der Waals surface area (Å²) in [5, 5.41) is 4.00. The fourth-order valence-corrected chi connectivity index (χ4v) is 2.43. The van der Waals surface area contributed by atoms with E-state index in [1.54, 1.807) is 0 Å². The molecule has 0 radical (unpaired) electrons. The first-order valence-electron chi connectivity index (χ1n) is 5.54. The van der Waals surface area contributed by atoms with Crippen LogP contribution in [0.1, 0.15) is 24.8 Å². The number of ether oxygens (including phenoxy) is 1. The van der Waals surface area contributed by atoms with Gasteiger partial charge in [0.2, 0.25) is 5.82 Å². The Bertz CT molecular complexity index is 521. The maximum absolute atomic E-state index is 5.51. The van der Waals surface area contributed by atoms with Gasteiger partial charge in [-0.05, 0) is 47.6 Å². The predicted octanol–water partition coefficient (Wildman–Crippen LogP) is 3.19. The number of aromatic nitrogens is 2. The van der Waals surface area contributed by atoms with Crippen LogP contribution in [0.3, 0.4) is 0 Å². The van der Waals surface area contributed by atoms with E-state index in [-0.39, 0.29) is 6.10 Å². The molecule has 1 saturated heterocycles. The lowest BCUT2D eigenvalue weighted by atomic mass is 10.2. The first-order valence-corrected chi connectivity index (χ1v) is 6.62. The zero-order valence-corrected chi connectivity index (χ0v) is 11.3. The molecule has 1 aromatic carbocycles. The van der Waals surface area contributed by atoms with Crippen molar-refractivity contribution in [3.8, 4) is 11.4 Å². The van der Waals surface area contributed by atoms with Crippen molar-refractivity contribution in [3.05, 3.63) is 33.7 Å². The SMILES string of the molecule is Ic1cccc(-c2noc(C3CCCO3)n2)c1. The third-order valence-electron chi connectivity index (χ3n) is 2.73. The maximum Gasteiger partial charge on any atom is 0.256 e. The van der Waals surface area contributed by atoms with Crippen molar-refractivity contribution in [2.75, 3.05) is 6.61 Å². The summed E-state index contributed by atoms with van der Waals surface area (Å²) in [6.45, 7) is 0.783. The van der Waals surface area contributed by atoms with Crippen molar-refractivity contribution in [2.24, 2.45) is 0 Å². The van der Waals surface area contributed by atoms with Crippen molar-refractivity contribution in [2.45, 2.75) is 18.9 Å². The molecule has 0 saturated carbocycles. The molecule has 2 heterocycles. The van der Waals surface area contributed by atoms with E-state index in [9.17, 15) is 0 Å². The minimum atomic E-state index is -0.0148. The van der Waals surface area contributed by atoms with Gasteiger partial charge in [-0.1, -0.05) is 17.3 Å². The molecule has 0 spiro atoms. The Balaban J connectivity index is 1.89. The predicted molar refractivity (Wildman–Crippen MR) is 70.4 cm³/mol. The van der Waals surface area contributed by atoms with Gasteiger partial charge in [0.05, 0.1) is 0 Å². The number of nitrogens with zero attached hydrogens (tertiary/aromatic N) is 2. The highest BCUT2D eigenvalue weighted by Crippen LogP contribution is 2.28. The van der Waals surface area contributed by atoms with Crippen LogP contribution in [-0.2, 0) is 4.74 Å². The summed E-state index contributed by atoms with van der Waals surface area (Å²) < 4.78 is 11.9. The van der Waals surface area contributed by atoms with Crippen molar-refractivity contribution in [1.82, 2.24) is 10.1 Å². The monoisotopic (exact) mass is 342 g/mol. The van der Waals surface area contributed by atoms with Crippen LogP contribution in [0.15, 0.2) is 28.8 Å². The standard InChI is InChI=1S/C12H11IN2O2/c13-9-4-1-3-8(7-9)11-14-12(17-15-11)10-5-2-6-16-10/h1,3-4,7,10H,2,5-6H2. The minimum Gasteiger partial charge on any atom is -0.368 e. The molecule has 88 valence electrons. The molecule has 3 rings (SSSR count). The van der Waals surface area contributed by atoms with E-state index in [4.69, 9.17) is 9.26 Å². The van der Waals surface area contributed by atoms with E-state index in [2.05, 4.69) is 32.7 Å². The van der Waals surface area contributed by atoms with Gasteiger partial charge < -0.3 is 9.26 Å².